The van der Waals surface area contributed by atoms with Crippen molar-refractivity contribution in [1.29, 1.82) is 0 Å². The number of aliphatic hydroxyl groups excluding tert-OH is 1. The molecular formula is C61H93B3Cl3N7O15. The molecule has 6 atom stereocenters. The van der Waals surface area contributed by atoms with Gasteiger partial charge in [0.2, 0.25) is 0 Å². The maximum atomic E-state index is 13.6. The largest absolute Gasteiger partial charge is 0.535 e. The van der Waals surface area contributed by atoms with Crippen molar-refractivity contribution in [3.63, 3.8) is 0 Å². The first-order valence-corrected chi connectivity index (χ1v) is 31.4. The highest BCUT2D eigenvalue weighted by Crippen LogP contribution is 2.66. The molecule has 3 aliphatic carbocycles. The van der Waals surface area contributed by atoms with Crippen LogP contribution in [0.15, 0.2) is 48.8 Å². The molecule has 4 aromatic rings. The molecule has 4 heterocycles. The number of para-hydroxylation sites is 2. The van der Waals surface area contributed by atoms with Crippen LogP contribution < -0.4 is 15.1 Å². The van der Waals surface area contributed by atoms with E-state index in [4.69, 9.17) is 90.7 Å². The molecule has 4 fully saturated rings. The molecule has 1 saturated heterocycles. The minimum absolute atomic E-state index is 0.00618. The van der Waals surface area contributed by atoms with Crippen LogP contribution in [-0.2, 0) is 77.0 Å². The molecule has 0 spiro atoms. The molecule has 9 rings (SSSR count). The minimum Gasteiger partial charge on any atom is -0.535 e. The second-order valence-electron chi connectivity index (χ2n) is 23.3. The number of rotatable bonds is 26. The van der Waals surface area contributed by atoms with Crippen molar-refractivity contribution in [3.05, 3.63) is 82.4 Å². The number of benzene rings is 2. The number of hydrogen-bond donors (Lipinski definition) is 4. The van der Waals surface area contributed by atoms with Crippen LogP contribution in [0.25, 0.3) is 0 Å². The summed E-state index contributed by atoms with van der Waals surface area (Å²) in [7, 11) is -0.284. The van der Waals surface area contributed by atoms with Gasteiger partial charge in [-0.25, -0.2) is 19.0 Å². The van der Waals surface area contributed by atoms with E-state index in [0.29, 0.717) is 99.4 Å². The first-order chi connectivity index (χ1) is 42.7. The lowest BCUT2D eigenvalue weighted by molar-refractivity contribution is -0.199. The lowest BCUT2D eigenvalue weighted by Gasteiger charge is -2.64. The summed E-state index contributed by atoms with van der Waals surface area (Å²) in [5.74, 6) is 1.45. The zero-order valence-electron chi connectivity index (χ0n) is 54.6. The summed E-state index contributed by atoms with van der Waals surface area (Å²) < 4.78 is 55.3. The fourth-order valence-corrected chi connectivity index (χ4v) is 10.9. The van der Waals surface area contributed by atoms with Crippen LogP contribution in [0.2, 0.25) is 11.6 Å². The van der Waals surface area contributed by atoms with Gasteiger partial charge in [0.25, 0.3) is 0 Å². The van der Waals surface area contributed by atoms with Crippen LogP contribution in [0, 0.1) is 29.6 Å². The van der Waals surface area contributed by atoms with Crippen LogP contribution in [0.3, 0.4) is 0 Å². The van der Waals surface area contributed by atoms with Gasteiger partial charge in [-0.15, -0.1) is 16.6 Å². The number of esters is 1. The smallest absolute Gasteiger partial charge is 0.526 e. The van der Waals surface area contributed by atoms with Gasteiger partial charge < -0.3 is 58.6 Å². The Bertz CT molecular complexity index is 2860. The Kier molecular flexibility index (Phi) is 33.7. The highest BCUT2D eigenvalue weighted by molar-refractivity contribution is 7.54. The Morgan fingerprint density at radius 2 is 1.49 bits per heavy atom. The highest BCUT2D eigenvalue weighted by atomic mass is 35.6. The maximum absolute atomic E-state index is 13.6. The van der Waals surface area contributed by atoms with E-state index in [9.17, 15) is 29.3 Å². The number of nitrogens with two attached hydrogens (primary N) is 1. The summed E-state index contributed by atoms with van der Waals surface area (Å²) in [6.07, 6.45) is 14.2. The molecule has 2 aromatic carbocycles. The van der Waals surface area contributed by atoms with Gasteiger partial charge in [-0.05, 0) is 113 Å². The molecule has 0 amide bonds. The van der Waals surface area contributed by atoms with E-state index >= 15 is 0 Å². The summed E-state index contributed by atoms with van der Waals surface area (Å²) in [5, 5.41) is 43.4. The topological polar surface area (TPSA) is 290 Å². The van der Waals surface area contributed by atoms with Gasteiger partial charge in [0, 0.05) is 52.2 Å². The molecule has 2 aliphatic heterocycles. The van der Waals surface area contributed by atoms with Crippen molar-refractivity contribution in [2.45, 2.75) is 189 Å². The lowest BCUT2D eigenvalue weighted by atomic mass is 9.43. The van der Waals surface area contributed by atoms with Crippen molar-refractivity contribution in [3.8, 4) is 23.8 Å². The van der Waals surface area contributed by atoms with Gasteiger partial charge in [-0.3, -0.25) is 9.59 Å². The number of nitrogens with zero attached hydrogens (tertiary/aromatic N) is 6. The van der Waals surface area contributed by atoms with Crippen LogP contribution in [0.4, 0.5) is 0 Å². The van der Waals surface area contributed by atoms with Crippen LogP contribution in [0.5, 0.6) is 11.5 Å². The second-order valence-corrected chi connectivity index (χ2v) is 25.3. The quantitative estimate of drug-likeness (QED) is 0.0197. The molecule has 5 aliphatic rings. The molecule has 2 bridgehead atoms. The zero-order valence-corrected chi connectivity index (χ0v) is 55.9. The number of Topliss-reactive ketones (excluding diaryl/α,β-unsaturated/α-hetero) is 2. The number of ketones is 2. The maximum Gasteiger partial charge on any atom is 0.526 e. The number of halogens is 3. The fraction of sp³-hybridized carbons (Fsp3) is 0.639. The number of carbonyl (C=O) groups is 4. The Morgan fingerprint density at radius 1 is 0.921 bits per heavy atom. The number of aromatic carboxylic acids is 1. The van der Waals surface area contributed by atoms with Crippen molar-refractivity contribution in [2.75, 3.05) is 46.7 Å². The third-order valence-corrected chi connectivity index (χ3v) is 14.9. The average molecular weight is 1300 g/mol. The Balaban J connectivity index is 0.000000389. The van der Waals surface area contributed by atoms with E-state index in [2.05, 4.69) is 54.2 Å². The van der Waals surface area contributed by atoms with Gasteiger partial charge in [-0.2, -0.15) is 34.4 Å². The number of methoxy groups -OCH3 is 1. The number of hydrogen-bond acceptors (Lipinski definition) is 19. The molecule has 0 unspecified atom stereocenters. The van der Waals surface area contributed by atoms with E-state index in [1.165, 1.54) is 10.7 Å². The SMILES string of the molecule is C#CCOCCC.CCCO.CCCOCc1cn(CC(=O)C[C@@H](Cc2cccc(C(=O)OC(C)(C)C)c2OC)B2O[C@@H]3C[C@@H]4C[C@@H](C4(C)C)[C@]3(C)O2)nn1.ClB(Cl)Cl.NCCOCc1cn(CC(=O)C[C@H]2Cc3cccc(C(=O)O)c3OB2O)nn1.[2H]CC. The Labute approximate surface area is 543 Å². The fourth-order valence-electron chi connectivity index (χ4n) is 10.9. The first-order valence-electron chi connectivity index (χ1n) is 30.8. The minimum atomic E-state index is -1.26. The van der Waals surface area contributed by atoms with Crippen LogP contribution >= 0.6 is 34.4 Å². The lowest BCUT2D eigenvalue weighted by Crippen LogP contribution is -2.65. The molecule has 492 valence electrons. The Morgan fingerprint density at radius 3 is 2.03 bits per heavy atom. The molecule has 22 nitrogen and oxygen atoms in total. The number of aromatic nitrogens is 6. The third kappa shape index (κ3) is 24.8. The molecule has 89 heavy (non-hydrogen) atoms. The average Bonchev–Trinajstić information content (AvgIpc) is 1.36. The summed E-state index contributed by atoms with van der Waals surface area (Å²) >= 11 is 14.4. The zero-order chi connectivity index (χ0) is 67.2. The number of terminal acetylenes is 1. The van der Waals surface area contributed by atoms with E-state index in [0.717, 1.165) is 44.3 Å². The van der Waals surface area contributed by atoms with Gasteiger partial charge in [0.05, 0.1) is 56.6 Å². The van der Waals surface area contributed by atoms with E-state index < -0.39 is 48.2 Å². The standard InChI is InChI=1S/C33H48BN3O7.C17H21BN4O6.C6H10O.C3H8O.C2H6.BCl3/c1-9-13-41-20-24-18-37(36-35-24)19-25(38)17-23(34-43-28-16-22-15-27(32(22,5)6)33(28,7)44-34)14-21-11-10-12-26(29(21)40-8)30(39)42-31(2,3)4;19-4-5-27-10-13-8-22(21-20-13)9-14(23)7-12-6-11-2-1-3-15(17(24)25)16(11)28-18(12)26;1-3-5-7-6-4-2;1-2-3-4;1-2;2-1(3)4/h10-12,18,22-23,27-28H,9,13-17,19-20H2,1-8H3;1-3,8,12,26H,4-7,9-10,19H2,(H,24,25);1H,4-6H2,2H3;4H,2-3H2,1H3;1-2H3;/t22-,23+,27-,28+,33-;12-;;;;/m01..../s1/i;;;;1D;. The highest BCUT2D eigenvalue weighted by Gasteiger charge is 2.68. The van der Waals surface area contributed by atoms with Crippen molar-refractivity contribution < 1.29 is 73.4 Å². The number of ether oxygens (including phenoxy) is 5. The van der Waals surface area contributed by atoms with Gasteiger partial charge >= 0.3 is 31.1 Å². The molecule has 28 heteroatoms. The molecule has 3 saturated carbocycles. The monoisotopic (exact) mass is 1300 g/mol. The Hall–Kier alpha value is -5.10. The van der Waals surface area contributed by atoms with Crippen molar-refractivity contribution in [1.82, 2.24) is 30.0 Å². The predicted octanol–water partition coefficient (Wildman–Crippen LogP) is 9.51. The van der Waals surface area contributed by atoms with E-state index in [1.807, 2.05) is 46.8 Å². The molecule has 0 radical (unpaired) electrons. The van der Waals surface area contributed by atoms with Gasteiger partial charge in [-0.1, -0.05) is 89.1 Å². The van der Waals surface area contributed by atoms with Gasteiger partial charge in [0.1, 0.15) is 53.7 Å². The molecular weight excluding hydrogens is 1210 g/mol. The number of carboxylic acids is 1. The van der Waals surface area contributed by atoms with Crippen LogP contribution in [0.1, 0.15) is 166 Å². The molecule has 2 aromatic heterocycles. The van der Waals surface area contributed by atoms with E-state index in [1.54, 1.807) is 49.3 Å². The first kappa shape index (κ1) is 76.4. The van der Waals surface area contributed by atoms with Crippen LogP contribution in [-0.4, -0.2) is 152 Å². The van der Waals surface area contributed by atoms with Crippen molar-refractivity contribution in [2.24, 2.45) is 23.0 Å². The number of carbonyl (C=O) groups excluding carboxylic acids is 3. The van der Waals surface area contributed by atoms with Crippen molar-refractivity contribution >= 4 is 77.1 Å². The summed E-state index contributed by atoms with van der Waals surface area (Å²) in [6, 6.07) is 10.2. The molecule has 5 N–H and O–H groups in total. The number of aliphatic hydroxyl groups is 1. The van der Waals surface area contributed by atoms with E-state index in [-0.39, 0.29) is 72.8 Å². The number of fused-ring (bicyclic) bond motifs is 1. The second kappa shape index (κ2) is 39.3. The summed E-state index contributed by atoms with van der Waals surface area (Å²) in [6.45, 7) is 24.4. The van der Waals surface area contributed by atoms with Gasteiger partial charge in [0.15, 0.2) is 11.6 Å². The number of carboxylic acid groups (broad SMARTS) is 1. The predicted molar refractivity (Wildman–Crippen MR) is 345 cm³/mol. The summed E-state index contributed by atoms with van der Waals surface area (Å²) in [5.41, 5.74) is 7.56. The normalized spacial score (nSPS) is 19.3. The third-order valence-electron chi connectivity index (χ3n) is 14.9. The summed E-state index contributed by atoms with van der Waals surface area (Å²) in [4.78, 5) is 49.6.